The molecule has 1 heterocycles. The molecule has 0 bridgehead atoms. The maximum absolute atomic E-state index is 12.9. The molecule has 2 aliphatic rings. The average Bonchev–Trinajstić information content (AvgIpc) is 2.58. The van der Waals surface area contributed by atoms with Crippen LogP contribution in [0.5, 0.6) is 0 Å². The number of carbonyl (C=O) groups excluding carboxylic acids is 1. The smallest absolute Gasteiger partial charge is 0.253 e. The molecule has 1 aromatic rings. The van der Waals surface area contributed by atoms with Crippen molar-refractivity contribution in [1.29, 1.82) is 0 Å². The van der Waals surface area contributed by atoms with Crippen molar-refractivity contribution >= 4 is 5.91 Å². The lowest BCUT2D eigenvalue weighted by Crippen LogP contribution is -2.54. The van der Waals surface area contributed by atoms with Crippen LogP contribution in [-0.4, -0.2) is 45.3 Å². The molecular formula is C21H31NO3. The molecule has 1 saturated carbocycles. The molecule has 2 fully saturated rings. The van der Waals surface area contributed by atoms with Crippen LogP contribution in [0.15, 0.2) is 24.3 Å². The molecule has 1 aliphatic carbocycles. The maximum atomic E-state index is 12.9. The minimum absolute atomic E-state index is 0.0673. The molecule has 1 aliphatic heterocycles. The molecule has 1 aromatic carbocycles. The Bertz CT molecular complexity index is 622. The number of nitrogens with zero attached hydrogens (tertiary/aromatic N) is 1. The summed E-state index contributed by atoms with van der Waals surface area (Å²) in [5.74, 6) is 0.287. The van der Waals surface area contributed by atoms with Gasteiger partial charge >= 0.3 is 0 Å². The summed E-state index contributed by atoms with van der Waals surface area (Å²) in [7, 11) is 0. The lowest BCUT2D eigenvalue weighted by molar-refractivity contribution is -0.0886. The Morgan fingerprint density at radius 1 is 1.32 bits per heavy atom. The van der Waals surface area contributed by atoms with Crippen molar-refractivity contribution in [1.82, 2.24) is 4.90 Å². The number of carbonyl (C=O) groups is 1. The summed E-state index contributed by atoms with van der Waals surface area (Å²) in [5.41, 5.74) is 0.552. The van der Waals surface area contributed by atoms with Gasteiger partial charge in [0.15, 0.2) is 0 Å². The highest BCUT2D eigenvalue weighted by molar-refractivity contribution is 5.94. The van der Waals surface area contributed by atoms with Gasteiger partial charge in [0.1, 0.15) is 0 Å². The molecule has 0 radical (unpaired) electrons. The summed E-state index contributed by atoms with van der Waals surface area (Å²) in [5, 5.41) is 20.7. The number of fused-ring (bicyclic) bond motifs is 1. The molecular weight excluding hydrogens is 314 g/mol. The van der Waals surface area contributed by atoms with Gasteiger partial charge in [-0.25, -0.2) is 0 Å². The summed E-state index contributed by atoms with van der Waals surface area (Å²) in [6.45, 7) is 4.92. The normalized spacial score (nSPS) is 27.0. The highest BCUT2D eigenvalue weighted by atomic mass is 16.3. The predicted octanol–water partition coefficient (Wildman–Crippen LogP) is 3.16. The summed E-state index contributed by atoms with van der Waals surface area (Å²) >= 11 is 0. The van der Waals surface area contributed by atoms with E-state index in [1.807, 2.05) is 29.2 Å². The fraction of sp³-hybridized carbons (Fsp3) is 0.667. The number of likely N-dealkylation sites (tertiary alicyclic amines) is 1. The largest absolute Gasteiger partial charge is 0.390 e. The van der Waals surface area contributed by atoms with E-state index in [-0.39, 0.29) is 11.8 Å². The van der Waals surface area contributed by atoms with Gasteiger partial charge in [-0.05, 0) is 63.6 Å². The Balaban J connectivity index is 1.67. The lowest BCUT2D eigenvalue weighted by Gasteiger charge is -2.47. The number of aliphatic hydroxyl groups is 2. The Hall–Kier alpha value is -1.39. The fourth-order valence-corrected chi connectivity index (χ4v) is 4.25. The first-order valence-corrected chi connectivity index (χ1v) is 9.60. The van der Waals surface area contributed by atoms with Crippen LogP contribution >= 0.6 is 0 Å². The molecule has 1 amide bonds. The Kier molecular flexibility index (Phi) is 5.21. The van der Waals surface area contributed by atoms with Crippen molar-refractivity contribution in [2.75, 3.05) is 13.1 Å². The molecule has 0 aromatic heterocycles. The molecule has 138 valence electrons. The second-order valence-corrected chi connectivity index (χ2v) is 8.56. The number of rotatable bonds is 4. The van der Waals surface area contributed by atoms with Gasteiger partial charge in [-0.2, -0.15) is 0 Å². The molecule has 3 rings (SSSR count). The van der Waals surface area contributed by atoms with Crippen LogP contribution in [0.4, 0.5) is 0 Å². The van der Waals surface area contributed by atoms with E-state index in [1.165, 1.54) is 0 Å². The predicted molar refractivity (Wildman–Crippen MR) is 98.5 cm³/mol. The van der Waals surface area contributed by atoms with Crippen LogP contribution in [0.2, 0.25) is 0 Å². The van der Waals surface area contributed by atoms with E-state index < -0.39 is 11.2 Å². The van der Waals surface area contributed by atoms with Crippen LogP contribution in [0.1, 0.15) is 68.3 Å². The van der Waals surface area contributed by atoms with E-state index in [0.29, 0.717) is 25.9 Å². The van der Waals surface area contributed by atoms with Crippen molar-refractivity contribution in [3.8, 4) is 0 Å². The van der Waals surface area contributed by atoms with Crippen LogP contribution in [0.25, 0.3) is 0 Å². The molecule has 4 nitrogen and oxygen atoms in total. The van der Waals surface area contributed by atoms with Crippen LogP contribution < -0.4 is 0 Å². The van der Waals surface area contributed by atoms with E-state index in [2.05, 4.69) is 0 Å². The van der Waals surface area contributed by atoms with E-state index >= 15 is 0 Å². The third kappa shape index (κ3) is 4.42. The summed E-state index contributed by atoms with van der Waals surface area (Å²) in [6.07, 6.45) is 6.28. The van der Waals surface area contributed by atoms with Crippen molar-refractivity contribution in [2.45, 2.75) is 70.0 Å². The highest BCUT2D eigenvalue weighted by Gasteiger charge is 2.43. The molecule has 2 N–H and O–H groups in total. The standard InChI is InChI=1S/C21H31NO3/c1-20(2,24)11-9-16-6-5-7-17(14-16)19(23)22-13-12-21(25)10-4-3-8-18(21)15-22/h5-7,14,18,24-25H,3-4,8-13,15H2,1-2H3. The zero-order valence-electron chi connectivity index (χ0n) is 15.5. The van der Waals surface area contributed by atoms with Crippen molar-refractivity contribution in [2.24, 2.45) is 5.92 Å². The Morgan fingerprint density at radius 2 is 2.12 bits per heavy atom. The molecule has 2 atom stereocenters. The second-order valence-electron chi connectivity index (χ2n) is 8.56. The molecule has 4 heteroatoms. The molecule has 0 spiro atoms. The first-order chi connectivity index (χ1) is 11.8. The minimum Gasteiger partial charge on any atom is -0.390 e. The van der Waals surface area contributed by atoms with Crippen molar-refractivity contribution in [3.05, 3.63) is 35.4 Å². The van der Waals surface area contributed by atoms with Gasteiger partial charge in [-0.1, -0.05) is 25.0 Å². The second kappa shape index (κ2) is 7.08. The third-order valence-corrected chi connectivity index (χ3v) is 5.91. The van der Waals surface area contributed by atoms with Gasteiger partial charge in [0.05, 0.1) is 11.2 Å². The Morgan fingerprint density at radius 3 is 2.88 bits per heavy atom. The number of amides is 1. The summed E-state index contributed by atoms with van der Waals surface area (Å²) < 4.78 is 0. The summed E-state index contributed by atoms with van der Waals surface area (Å²) in [4.78, 5) is 14.8. The zero-order chi connectivity index (χ0) is 18.1. The van der Waals surface area contributed by atoms with E-state index in [4.69, 9.17) is 0 Å². The highest BCUT2D eigenvalue weighted by Crippen LogP contribution is 2.40. The zero-order valence-corrected chi connectivity index (χ0v) is 15.5. The molecule has 2 unspecified atom stereocenters. The topological polar surface area (TPSA) is 60.8 Å². The van der Waals surface area contributed by atoms with E-state index in [1.54, 1.807) is 13.8 Å². The SMILES string of the molecule is CC(C)(O)CCc1cccc(C(=O)N2CCC3(O)CCCCC3C2)c1. The van der Waals surface area contributed by atoms with Crippen molar-refractivity contribution < 1.29 is 15.0 Å². The Labute approximate surface area is 150 Å². The monoisotopic (exact) mass is 345 g/mol. The minimum atomic E-state index is -0.696. The lowest BCUT2D eigenvalue weighted by atomic mass is 9.71. The summed E-state index contributed by atoms with van der Waals surface area (Å²) in [6, 6.07) is 7.76. The van der Waals surface area contributed by atoms with Gasteiger partial charge in [0, 0.05) is 24.6 Å². The number of benzene rings is 1. The van der Waals surface area contributed by atoms with Crippen LogP contribution in [0, 0.1) is 5.92 Å². The van der Waals surface area contributed by atoms with Gasteiger partial charge < -0.3 is 15.1 Å². The molecule has 25 heavy (non-hydrogen) atoms. The van der Waals surface area contributed by atoms with Crippen LogP contribution in [-0.2, 0) is 6.42 Å². The number of aryl methyl sites for hydroxylation is 1. The van der Waals surface area contributed by atoms with Gasteiger partial charge in [0.2, 0.25) is 0 Å². The quantitative estimate of drug-likeness (QED) is 0.881. The third-order valence-electron chi connectivity index (χ3n) is 5.91. The van der Waals surface area contributed by atoms with E-state index in [0.717, 1.165) is 43.2 Å². The number of piperidine rings is 1. The van der Waals surface area contributed by atoms with Crippen molar-refractivity contribution in [3.63, 3.8) is 0 Å². The van der Waals surface area contributed by atoms with Gasteiger partial charge in [0.25, 0.3) is 5.91 Å². The first-order valence-electron chi connectivity index (χ1n) is 9.60. The number of hydrogen-bond acceptors (Lipinski definition) is 3. The first kappa shape index (κ1) is 18.4. The van der Waals surface area contributed by atoms with Gasteiger partial charge in [-0.15, -0.1) is 0 Å². The maximum Gasteiger partial charge on any atom is 0.253 e. The van der Waals surface area contributed by atoms with E-state index in [9.17, 15) is 15.0 Å². The number of hydrogen-bond donors (Lipinski definition) is 2. The van der Waals surface area contributed by atoms with Gasteiger partial charge in [-0.3, -0.25) is 4.79 Å². The fourth-order valence-electron chi connectivity index (χ4n) is 4.25. The average molecular weight is 345 g/mol. The van der Waals surface area contributed by atoms with Crippen LogP contribution in [0.3, 0.4) is 0 Å². The molecule has 1 saturated heterocycles.